The van der Waals surface area contributed by atoms with Crippen LogP contribution in [0.2, 0.25) is 0 Å². The highest BCUT2D eigenvalue weighted by Crippen LogP contribution is 2.29. The number of benzene rings is 1. The first-order valence-corrected chi connectivity index (χ1v) is 9.57. The summed E-state index contributed by atoms with van der Waals surface area (Å²) in [6.07, 6.45) is -0.852. The average Bonchev–Trinajstić information content (AvgIpc) is 3.26. The molecule has 9 nitrogen and oxygen atoms in total. The molecule has 2 aliphatic rings. The van der Waals surface area contributed by atoms with Gasteiger partial charge in [-0.25, -0.2) is 14.0 Å². The van der Waals surface area contributed by atoms with Gasteiger partial charge < -0.3 is 25.0 Å². The molecule has 2 N–H and O–H groups in total. The number of cyclic esters (lactones) is 1. The van der Waals surface area contributed by atoms with Crippen LogP contribution in [0.1, 0.15) is 20.3 Å². The Hall–Kier alpha value is -3.04. The highest BCUT2D eigenvalue weighted by Gasteiger charge is 2.33. The van der Waals surface area contributed by atoms with E-state index in [0.29, 0.717) is 37.5 Å². The third kappa shape index (κ3) is 5.07. The van der Waals surface area contributed by atoms with Crippen LogP contribution in [0.5, 0.6) is 0 Å². The first kappa shape index (κ1) is 20.7. The molecule has 10 heteroatoms. The minimum absolute atomic E-state index is 0.115. The molecule has 1 unspecified atom stereocenters. The van der Waals surface area contributed by atoms with Crippen molar-refractivity contribution in [1.29, 1.82) is 0 Å². The first-order valence-electron chi connectivity index (χ1n) is 9.57. The van der Waals surface area contributed by atoms with Crippen LogP contribution >= 0.6 is 0 Å². The van der Waals surface area contributed by atoms with E-state index in [1.54, 1.807) is 19.1 Å². The summed E-state index contributed by atoms with van der Waals surface area (Å²) < 4.78 is 24.8. The van der Waals surface area contributed by atoms with Gasteiger partial charge in [-0.1, -0.05) is 0 Å². The molecule has 3 amide bonds. The molecule has 0 radical (unpaired) electrons. The van der Waals surface area contributed by atoms with Crippen molar-refractivity contribution < 1.29 is 28.2 Å². The largest absolute Gasteiger partial charge is 0.450 e. The Balaban J connectivity index is 1.61. The Morgan fingerprint density at radius 1 is 1.34 bits per heavy atom. The summed E-state index contributed by atoms with van der Waals surface area (Å²) in [5.74, 6) is -0.673. The summed E-state index contributed by atoms with van der Waals surface area (Å²) in [7, 11) is 0. The highest BCUT2D eigenvalue weighted by molar-refractivity contribution is 5.90. The lowest BCUT2D eigenvalue weighted by Gasteiger charge is -2.21. The number of anilines is 2. The molecule has 2 fully saturated rings. The molecular weight excluding hydrogens is 383 g/mol. The second-order valence-electron chi connectivity index (χ2n) is 6.99. The van der Waals surface area contributed by atoms with Crippen LogP contribution in [0.3, 0.4) is 0 Å². The number of carbonyl (C=O) groups is 3. The van der Waals surface area contributed by atoms with Crippen molar-refractivity contribution in [2.75, 3.05) is 42.6 Å². The number of hydrogen-bond acceptors (Lipinski definition) is 6. The molecule has 0 spiro atoms. The van der Waals surface area contributed by atoms with E-state index in [4.69, 9.17) is 9.47 Å². The fraction of sp³-hybridized carbons (Fsp3) is 0.526. The standard InChI is InChI=1S/C19H25FN4O5/c1-3-28-18(26)22-13-6-7-23(10-13)17-5-4-14(8-16(17)20)24-11-15(29-19(24)27)9-21-12(2)25/h4-5,8,13,15H,3,6-7,9-11H2,1-2H3,(H,21,25)(H,22,26)/t13?,15-/m0/s1. The number of carbonyl (C=O) groups excluding carboxylic acids is 3. The summed E-state index contributed by atoms with van der Waals surface area (Å²) in [5, 5.41) is 5.36. The Labute approximate surface area is 168 Å². The van der Waals surface area contributed by atoms with E-state index in [9.17, 15) is 18.8 Å². The normalized spacial score (nSPS) is 21.1. The smallest absolute Gasteiger partial charge is 0.414 e. The third-order valence-corrected chi connectivity index (χ3v) is 4.82. The number of halogens is 1. The van der Waals surface area contributed by atoms with Crippen molar-refractivity contribution in [3.05, 3.63) is 24.0 Å². The van der Waals surface area contributed by atoms with Crippen LogP contribution in [0.15, 0.2) is 18.2 Å². The Morgan fingerprint density at radius 2 is 2.14 bits per heavy atom. The zero-order valence-corrected chi connectivity index (χ0v) is 16.4. The van der Waals surface area contributed by atoms with Gasteiger partial charge in [0.15, 0.2) is 0 Å². The van der Waals surface area contributed by atoms with E-state index < -0.39 is 24.1 Å². The van der Waals surface area contributed by atoms with Crippen LogP contribution in [0, 0.1) is 5.82 Å². The summed E-state index contributed by atoms with van der Waals surface area (Å²) in [5.41, 5.74) is 0.797. The van der Waals surface area contributed by atoms with Gasteiger partial charge in [0.25, 0.3) is 0 Å². The first-order chi connectivity index (χ1) is 13.9. The number of nitrogens with zero attached hydrogens (tertiary/aromatic N) is 2. The van der Waals surface area contributed by atoms with E-state index in [-0.39, 0.29) is 25.0 Å². The molecule has 1 aromatic rings. The number of hydrogen-bond donors (Lipinski definition) is 2. The van der Waals surface area contributed by atoms with Crippen LogP contribution < -0.4 is 20.4 Å². The van der Waals surface area contributed by atoms with Crippen molar-refractivity contribution in [2.45, 2.75) is 32.4 Å². The maximum atomic E-state index is 14.8. The molecule has 0 saturated carbocycles. The van der Waals surface area contributed by atoms with Gasteiger partial charge in [-0.2, -0.15) is 0 Å². The molecule has 0 bridgehead atoms. The summed E-state index contributed by atoms with van der Waals surface area (Å²) in [6.45, 7) is 4.91. The summed E-state index contributed by atoms with van der Waals surface area (Å²) in [4.78, 5) is 37.8. The summed E-state index contributed by atoms with van der Waals surface area (Å²) in [6, 6.07) is 4.46. The van der Waals surface area contributed by atoms with Crippen LogP contribution in [0.25, 0.3) is 0 Å². The molecule has 3 rings (SSSR count). The van der Waals surface area contributed by atoms with Gasteiger partial charge in [0.2, 0.25) is 5.91 Å². The Kier molecular flexibility index (Phi) is 6.40. The fourth-order valence-corrected chi connectivity index (χ4v) is 3.45. The van der Waals surface area contributed by atoms with E-state index in [1.165, 1.54) is 17.9 Å². The molecule has 2 aliphatic heterocycles. The van der Waals surface area contributed by atoms with E-state index >= 15 is 0 Å². The number of alkyl carbamates (subject to hydrolysis) is 1. The van der Waals surface area contributed by atoms with Crippen LogP contribution in [0.4, 0.5) is 25.4 Å². The van der Waals surface area contributed by atoms with Crippen LogP contribution in [-0.2, 0) is 14.3 Å². The Morgan fingerprint density at radius 3 is 2.83 bits per heavy atom. The summed E-state index contributed by atoms with van der Waals surface area (Å²) >= 11 is 0. The maximum Gasteiger partial charge on any atom is 0.414 e. The van der Waals surface area contributed by atoms with E-state index in [1.807, 2.05) is 4.90 Å². The molecule has 1 aromatic carbocycles. The van der Waals surface area contributed by atoms with Gasteiger partial charge in [-0.15, -0.1) is 0 Å². The second kappa shape index (κ2) is 8.97. The maximum absolute atomic E-state index is 14.8. The third-order valence-electron chi connectivity index (χ3n) is 4.82. The van der Waals surface area contributed by atoms with Gasteiger partial charge in [-0.3, -0.25) is 9.69 Å². The van der Waals surface area contributed by atoms with Crippen molar-refractivity contribution in [3.63, 3.8) is 0 Å². The molecule has 2 heterocycles. The minimum Gasteiger partial charge on any atom is -0.450 e. The quantitative estimate of drug-likeness (QED) is 0.742. The zero-order valence-electron chi connectivity index (χ0n) is 16.4. The second-order valence-corrected chi connectivity index (χ2v) is 6.99. The molecule has 158 valence electrons. The lowest BCUT2D eigenvalue weighted by atomic mass is 10.2. The molecule has 29 heavy (non-hydrogen) atoms. The Bertz CT molecular complexity index is 790. The van der Waals surface area contributed by atoms with Gasteiger partial charge in [0.1, 0.15) is 11.9 Å². The molecule has 2 atom stereocenters. The van der Waals surface area contributed by atoms with Gasteiger partial charge >= 0.3 is 12.2 Å². The fourth-order valence-electron chi connectivity index (χ4n) is 3.45. The number of nitrogens with one attached hydrogen (secondary N) is 2. The molecule has 0 aromatic heterocycles. The SMILES string of the molecule is CCOC(=O)NC1CCN(c2ccc(N3C[C@H](CNC(C)=O)OC3=O)cc2F)C1. The molecular formula is C19H25FN4O5. The van der Waals surface area contributed by atoms with Crippen molar-refractivity contribution in [2.24, 2.45) is 0 Å². The minimum atomic E-state index is -0.577. The van der Waals surface area contributed by atoms with Gasteiger partial charge in [0.05, 0.1) is 37.1 Å². The van der Waals surface area contributed by atoms with Crippen molar-refractivity contribution in [3.8, 4) is 0 Å². The predicted octanol–water partition coefficient (Wildman–Crippen LogP) is 1.61. The highest BCUT2D eigenvalue weighted by atomic mass is 19.1. The number of ether oxygens (including phenoxy) is 2. The van der Waals surface area contributed by atoms with E-state index in [0.717, 1.165) is 0 Å². The molecule has 0 aliphatic carbocycles. The lowest BCUT2D eigenvalue weighted by molar-refractivity contribution is -0.119. The van der Waals surface area contributed by atoms with Crippen LogP contribution in [-0.4, -0.2) is 63.0 Å². The number of rotatable bonds is 6. The van der Waals surface area contributed by atoms with Gasteiger partial charge in [0, 0.05) is 20.0 Å². The number of amides is 3. The zero-order chi connectivity index (χ0) is 21.0. The lowest BCUT2D eigenvalue weighted by Crippen LogP contribution is -2.37. The van der Waals surface area contributed by atoms with Crippen molar-refractivity contribution in [1.82, 2.24) is 10.6 Å². The topological polar surface area (TPSA) is 100 Å². The van der Waals surface area contributed by atoms with Crippen molar-refractivity contribution >= 4 is 29.5 Å². The predicted molar refractivity (Wildman–Crippen MR) is 103 cm³/mol. The average molecular weight is 408 g/mol. The van der Waals surface area contributed by atoms with Gasteiger partial charge in [-0.05, 0) is 31.5 Å². The monoisotopic (exact) mass is 408 g/mol. The molecule has 2 saturated heterocycles. The van der Waals surface area contributed by atoms with E-state index in [2.05, 4.69) is 10.6 Å².